The third-order valence-electron chi connectivity index (χ3n) is 4.57. The first-order valence-electron chi connectivity index (χ1n) is 9.00. The van der Waals surface area contributed by atoms with Crippen molar-refractivity contribution in [1.29, 1.82) is 0 Å². The van der Waals surface area contributed by atoms with E-state index in [2.05, 4.69) is 15.4 Å². The number of aromatic nitrogens is 3. The van der Waals surface area contributed by atoms with E-state index in [1.165, 1.54) is 30.0 Å². The van der Waals surface area contributed by atoms with Crippen molar-refractivity contribution in [3.63, 3.8) is 0 Å². The quantitative estimate of drug-likeness (QED) is 0.877. The van der Waals surface area contributed by atoms with Gasteiger partial charge in [-0.2, -0.15) is 5.10 Å². The molecule has 2 heterocycles. The van der Waals surface area contributed by atoms with Gasteiger partial charge in [-0.25, -0.2) is 4.68 Å². The highest BCUT2D eigenvalue weighted by atomic mass is 16.1. The summed E-state index contributed by atoms with van der Waals surface area (Å²) in [5.74, 6) is 0.0726. The molecule has 0 atom stereocenters. The van der Waals surface area contributed by atoms with Crippen molar-refractivity contribution in [3.8, 4) is 11.3 Å². The second-order valence-electron chi connectivity index (χ2n) is 6.53. The van der Waals surface area contributed by atoms with Gasteiger partial charge in [-0.15, -0.1) is 0 Å². The van der Waals surface area contributed by atoms with E-state index >= 15 is 0 Å². The third kappa shape index (κ3) is 4.98. The lowest BCUT2D eigenvalue weighted by Gasteiger charge is -2.22. The Hall–Kier alpha value is -2.50. The molecule has 0 aromatic carbocycles. The molecule has 1 aliphatic rings. The maximum absolute atomic E-state index is 12.0. The van der Waals surface area contributed by atoms with Crippen molar-refractivity contribution in [2.75, 3.05) is 0 Å². The van der Waals surface area contributed by atoms with Crippen LogP contribution in [0, 0.1) is 0 Å². The number of aryl methyl sites for hydroxylation is 1. The smallest absolute Gasteiger partial charge is 0.266 e. The van der Waals surface area contributed by atoms with Crippen LogP contribution < -0.4 is 10.9 Å². The molecule has 6 heteroatoms. The van der Waals surface area contributed by atoms with Crippen molar-refractivity contribution >= 4 is 5.91 Å². The minimum absolute atomic E-state index is 0.0726. The van der Waals surface area contributed by atoms with Crippen LogP contribution in [0.2, 0.25) is 0 Å². The second-order valence-corrected chi connectivity index (χ2v) is 6.53. The van der Waals surface area contributed by atoms with Crippen molar-refractivity contribution < 1.29 is 4.79 Å². The molecule has 0 saturated heterocycles. The lowest BCUT2D eigenvalue weighted by Crippen LogP contribution is -2.36. The Labute approximate surface area is 147 Å². The number of hydrogen-bond donors (Lipinski definition) is 1. The molecular weight excluding hydrogens is 316 g/mol. The standard InChI is InChI=1S/C19H24N4O2/c24-18(21-16-7-2-1-3-8-16)9-5-13-23-19(25)11-10-17(22-23)15-6-4-12-20-14-15/h4,6,10-12,14,16H,1-3,5,7-9,13H2,(H,21,24). The number of carbonyl (C=O) groups is 1. The number of rotatable bonds is 6. The molecule has 0 spiro atoms. The highest BCUT2D eigenvalue weighted by Gasteiger charge is 2.15. The topological polar surface area (TPSA) is 76.9 Å². The summed E-state index contributed by atoms with van der Waals surface area (Å²) in [5, 5.41) is 7.49. The van der Waals surface area contributed by atoms with Crippen LogP contribution in [0.1, 0.15) is 44.9 Å². The molecule has 2 aromatic heterocycles. The predicted molar refractivity (Wildman–Crippen MR) is 96.0 cm³/mol. The molecule has 2 aromatic rings. The molecule has 1 N–H and O–H groups in total. The largest absolute Gasteiger partial charge is 0.353 e. The van der Waals surface area contributed by atoms with Gasteiger partial charge < -0.3 is 5.32 Å². The van der Waals surface area contributed by atoms with Crippen LogP contribution in [0.5, 0.6) is 0 Å². The van der Waals surface area contributed by atoms with Crippen LogP contribution in [-0.4, -0.2) is 26.7 Å². The maximum Gasteiger partial charge on any atom is 0.266 e. The summed E-state index contributed by atoms with van der Waals surface area (Å²) in [5.41, 5.74) is 1.42. The minimum Gasteiger partial charge on any atom is -0.353 e. The highest BCUT2D eigenvalue weighted by Crippen LogP contribution is 2.17. The monoisotopic (exact) mass is 340 g/mol. The summed E-state index contributed by atoms with van der Waals surface area (Å²) in [6, 6.07) is 7.28. The van der Waals surface area contributed by atoms with Gasteiger partial charge >= 0.3 is 0 Å². The van der Waals surface area contributed by atoms with Gasteiger partial charge in [0, 0.05) is 43.0 Å². The van der Waals surface area contributed by atoms with Gasteiger partial charge in [-0.1, -0.05) is 19.3 Å². The first-order chi connectivity index (χ1) is 12.2. The van der Waals surface area contributed by atoms with Crippen LogP contribution in [-0.2, 0) is 11.3 Å². The van der Waals surface area contributed by atoms with E-state index in [1.807, 2.05) is 12.1 Å². The number of carbonyl (C=O) groups excluding carboxylic acids is 1. The number of nitrogens with zero attached hydrogens (tertiary/aromatic N) is 3. The maximum atomic E-state index is 12.0. The van der Waals surface area contributed by atoms with E-state index < -0.39 is 0 Å². The van der Waals surface area contributed by atoms with Gasteiger partial charge in [0.2, 0.25) is 5.91 Å². The number of amides is 1. The number of hydrogen-bond acceptors (Lipinski definition) is 4. The van der Waals surface area contributed by atoms with E-state index in [-0.39, 0.29) is 11.5 Å². The fourth-order valence-electron chi connectivity index (χ4n) is 3.21. The summed E-state index contributed by atoms with van der Waals surface area (Å²) >= 11 is 0. The first kappa shape index (κ1) is 17.3. The van der Waals surface area contributed by atoms with Crippen LogP contribution in [0.4, 0.5) is 0 Å². The zero-order chi connectivity index (χ0) is 17.5. The van der Waals surface area contributed by atoms with Crippen molar-refractivity contribution in [2.24, 2.45) is 0 Å². The molecule has 3 rings (SSSR count). The lowest BCUT2D eigenvalue weighted by atomic mass is 9.95. The van der Waals surface area contributed by atoms with Crippen molar-refractivity contribution in [1.82, 2.24) is 20.1 Å². The Balaban J connectivity index is 1.54. The molecule has 0 bridgehead atoms. The molecule has 1 saturated carbocycles. The molecule has 1 aliphatic carbocycles. The Bertz CT molecular complexity index is 752. The zero-order valence-corrected chi connectivity index (χ0v) is 14.4. The Morgan fingerprint density at radius 2 is 2.04 bits per heavy atom. The van der Waals surface area contributed by atoms with Gasteiger partial charge in [0.15, 0.2) is 0 Å². The normalized spacial score (nSPS) is 15.0. The van der Waals surface area contributed by atoms with Crippen LogP contribution >= 0.6 is 0 Å². The van der Waals surface area contributed by atoms with Crippen LogP contribution in [0.25, 0.3) is 11.3 Å². The fourth-order valence-corrected chi connectivity index (χ4v) is 3.21. The lowest BCUT2D eigenvalue weighted by molar-refractivity contribution is -0.122. The summed E-state index contributed by atoms with van der Waals surface area (Å²) in [6.45, 7) is 0.436. The Kier molecular flexibility index (Phi) is 5.93. The molecule has 6 nitrogen and oxygen atoms in total. The van der Waals surface area contributed by atoms with Gasteiger partial charge in [0.05, 0.1) is 5.69 Å². The first-order valence-corrected chi connectivity index (χ1v) is 9.00. The summed E-state index contributed by atoms with van der Waals surface area (Å²) in [7, 11) is 0. The van der Waals surface area contributed by atoms with Gasteiger partial charge in [0.25, 0.3) is 5.56 Å². The van der Waals surface area contributed by atoms with Crippen LogP contribution in [0.15, 0.2) is 41.5 Å². The third-order valence-corrected chi connectivity index (χ3v) is 4.57. The summed E-state index contributed by atoms with van der Waals surface area (Å²) in [4.78, 5) is 28.1. The van der Waals surface area contributed by atoms with Gasteiger partial charge in [-0.3, -0.25) is 14.6 Å². The van der Waals surface area contributed by atoms with E-state index in [0.717, 1.165) is 18.4 Å². The van der Waals surface area contributed by atoms with Gasteiger partial charge in [-0.05, 0) is 37.5 Å². The number of pyridine rings is 1. The second kappa shape index (κ2) is 8.55. The Morgan fingerprint density at radius 3 is 2.80 bits per heavy atom. The molecule has 1 amide bonds. The van der Waals surface area contributed by atoms with Crippen molar-refractivity contribution in [2.45, 2.75) is 57.5 Å². The Morgan fingerprint density at radius 1 is 1.20 bits per heavy atom. The molecule has 0 unspecified atom stereocenters. The number of nitrogens with one attached hydrogen (secondary N) is 1. The SMILES string of the molecule is O=C(CCCn1nc(-c2cccnc2)ccc1=O)NC1CCCCC1. The predicted octanol–water partition coefficient (Wildman–Crippen LogP) is 2.53. The molecule has 0 radical (unpaired) electrons. The minimum atomic E-state index is -0.152. The van der Waals surface area contributed by atoms with E-state index in [4.69, 9.17) is 0 Å². The molecule has 25 heavy (non-hydrogen) atoms. The average molecular weight is 340 g/mol. The summed E-state index contributed by atoms with van der Waals surface area (Å²) < 4.78 is 1.43. The molecule has 1 fully saturated rings. The van der Waals surface area contributed by atoms with E-state index in [0.29, 0.717) is 31.1 Å². The summed E-state index contributed by atoms with van der Waals surface area (Å²) in [6.07, 6.45) is 10.3. The molecular formula is C19H24N4O2. The van der Waals surface area contributed by atoms with Crippen molar-refractivity contribution in [3.05, 3.63) is 47.0 Å². The molecule has 0 aliphatic heterocycles. The molecule has 132 valence electrons. The van der Waals surface area contributed by atoms with Gasteiger partial charge in [0.1, 0.15) is 0 Å². The van der Waals surface area contributed by atoms with Crippen LogP contribution in [0.3, 0.4) is 0 Å². The highest BCUT2D eigenvalue weighted by molar-refractivity contribution is 5.76. The van der Waals surface area contributed by atoms with E-state index in [9.17, 15) is 9.59 Å². The zero-order valence-electron chi connectivity index (χ0n) is 14.4. The van der Waals surface area contributed by atoms with E-state index in [1.54, 1.807) is 18.5 Å². The average Bonchev–Trinajstić information content (AvgIpc) is 2.65. The fraction of sp³-hybridized carbons (Fsp3) is 0.474.